The molecule has 0 saturated carbocycles. The van der Waals surface area contributed by atoms with Gasteiger partial charge in [0, 0.05) is 12.6 Å². The van der Waals surface area contributed by atoms with E-state index < -0.39 is 5.97 Å². The predicted octanol–water partition coefficient (Wildman–Crippen LogP) is 3.24. The Morgan fingerprint density at radius 1 is 1.53 bits per heavy atom. The minimum atomic E-state index is -0.415. The highest BCUT2D eigenvalue weighted by Gasteiger charge is 2.19. The number of esters is 1. The van der Waals surface area contributed by atoms with E-state index in [0.717, 1.165) is 11.3 Å². The van der Waals surface area contributed by atoms with Crippen molar-refractivity contribution in [1.29, 1.82) is 0 Å². The zero-order valence-electron chi connectivity index (χ0n) is 9.03. The quantitative estimate of drug-likeness (QED) is 0.798. The maximum Gasteiger partial charge on any atom is 0.348 e. The van der Waals surface area contributed by atoms with E-state index in [9.17, 15) is 4.79 Å². The van der Waals surface area contributed by atoms with Crippen molar-refractivity contribution in [3.63, 3.8) is 0 Å². The summed E-state index contributed by atoms with van der Waals surface area (Å²) in [5, 5.41) is 4.51. The highest BCUT2D eigenvalue weighted by molar-refractivity contribution is 7.18. The molecule has 0 fully saturated rings. The Labute approximate surface area is 112 Å². The molecule has 0 saturated heterocycles. The molecule has 2 aromatic heterocycles. The van der Waals surface area contributed by atoms with Gasteiger partial charge in [0.25, 0.3) is 0 Å². The lowest BCUT2D eigenvalue weighted by Crippen LogP contribution is -1.97. The fourth-order valence-electron chi connectivity index (χ4n) is 1.45. The summed E-state index contributed by atoms with van der Waals surface area (Å²) >= 11 is 13.3. The van der Waals surface area contributed by atoms with E-state index in [-0.39, 0.29) is 0 Å². The Morgan fingerprint density at radius 3 is 2.76 bits per heavy atom. The first kappa shape index (κ1) is 12.4. The van der Waals surface area contributed by atoms with Gasteiger partial charge in [0.05, 0.1) is 24.0 Å². The number of hydrogen-bond acceptors (Lipinski definition) is 4. The summed E-state index contributed by atoms with van der Waals surface area (Å²) in [5.41, 5.74) is 1.37. The van der Waals surface area contributed by atoms with Gasteiger partial charge in [-0.15, -0.1) is 11.3 Å². The lowest BCUT2D eigenvalue weighted by molar-refractivity contribution is 0.0606. The molecule has 0 spiro atoms. The Kier molecular flexibility index (Phi) is 3.42. The monoisotopic (exact) mass is 290 g/mol. The van der Waals surface area contributed by atoms with Crippen LogP contribution in [0.1, 0.15) is 9.67 Å². The van der Waals surface area contributed by atoms with Crippen LogP contribution >= 0.6 is 34.5 Å². The number of carbonyl (C=O) groups is 1. The lowest BCUT2D eigenvalue weighted by Gasteiger charge is -2.00. The molecule has 0 N–H and O–H groups in total. The molecule has 0 radical (unpaired) electrons. The van der Waals surface area contributed by atoms with E-state index >= 15 is 0 Å². The number of hydrogen-bond donors (Lipinski definition) is 0. The fourth-order valence-corrected chi connectivity index (χ4v) is 2.91. The first-order chi connectivity index (χ1) is 8.04. The lowest BCUT2D eigenvalue weighted by atomic mass is 10.2. The Bertz CT molecular complexity index is 557. The molecule has 17 heavy (non-hydrogen) atoms. The molecular weight excluding hydrogens is 283 g/mol. The van der Waals surface area contributed by atoms with Gasteiger partial charge >= 0.3 is 5.97 Å². The van der Waals surface area contributed by atoms with Gasteiger partial charge in [0.15, 0.2) is 0 Å². The van der Waals surface area contributed by atoms with Gasteiger partial charge in [-0.05, 0) is 6.07 Å². The molecule has 2 aromatic rings. The van der Waals surface area contributed by atoms with Crippen LogP contribution in [0.25, 0.3) is 11.3 Å². The normalized spacial score (nSPS) is 10.6. The fraction of sp³-hybridized carbons (Fsp3) is 0.200. The molecule has 2 heterocycles. The standard InChI is InChI=1S/C10H8Cl2N2O2S/c1-14-8(6(11)4-13-14)5-3-7(10(15)16-2)17-9(5)12/h3-4H,1-2H3. The SMILES string of the molecule is COC(=O)c1cc(-c2c(Cl)cnn2C)c(Cl)s1. The number of aromatic nitrogens is 2. The average Bonchev–Trinajstić information content (AvgIpc) is 2.82. The summed E-state index contributed by atoms with van der Waals surface area (Å²) in [4.78, 5) is 11.8. The van der Waals surface area contributed by atoms with Crippen LogP contribution in [0.15, 0.2) is 12.3 Å². The molecule has 0 unspecified atom stereocenters. The molecule has 90 valence electrons. The molecule has 0 atom stereocenters. The molecule has 4 nitrogen and oxygen atoms in total. The first-order valence-corrected chi connectivity index (χ1v) is 6.17. The zero-order chi connectivity index (χ0) is 12.6. The number of halogens is 2. The van der Waals surface area contributed by atoms with Gasteiger partial charge in [0.2, 0.25) is 0 Å². The number of nitrogens with zero attached hydrogens (tertiary/aromatic N) is 2. The number of thiophene rings is 1. The Balaban J connectivity index is 2.54. The summed E-state index contributed by atoms with van der Waals surface area (Å²) in [6, 6.07) is 1.65. The number of rotatable bonds is 2. The predicted molar refractivity (Wildman–Crippen MR) is 67.9 cm³/mol. The Hall–Kier alpha value is -1.04. The molecule has 0 aromatic carbocycles. The third-order valence-electron chi connectivity index (χ3n) is 2.22. The van der Waals surface area contributed by atoms with Crippen LogP contribution in [0.2, 0.25) is 9.36 Å². The number of carbonyl (C=O) groups excluding carboxylic acids is 1. The molecule has 2 rings (SSSR count). The van der Waals surface area contributed by atoms with Crippen LogP contribution in [-0.4, -0.2) is 22.9 Å². The van der Waals surface area contributed by atoms with Gasteiger partial charge in [-0.2, -0.15) is 5.10 Å². The maximum atomic E-state index is 11.4. The Morgan fingerprint density at radius 2 is 2.24 bits per heavy atom. The van der Waals surface area contributed by atoms with Crippen LogP contribution in [0.4, 0.5) is 0 Å². The second kappa shape index (κ2) is 4.68. The van der Waals surface area contributed by atoms with Crippen molar-refractivity contribution in [3.05, 3.63) is 26.5 Å². The number of aryl methyl sites for hydroxylation is 1. The summed E-state index contributed by atoms with van der Waals surface area (Å²) in [7, 11) is 3.08. The summed E-state index contributed by atoms with van der Waals surface area (Å²) in [6.07, 6.45) is 1.53. The maximum absolute atomic E-state index is 11.4. The molecule has 0 amide bonds. The van der Waals surface area contributed by atoms with Crippen molar-refractivity contribution >= 4 is 40.5 Å². The first-order valence-electron chi connectivity index (χ1n) is 4.60. The van der Waals surface area contributed by atoms with Gasteiger partial charge in [-0.3, -0.25) is 4.68 Å². The van der Waals surface area contributed by atoms with Crippen LogP contribution < -0.4 is 0 Å². The van der Waals surface area contributed by atoms with Gasteiger partial charge in [0.1, 0.15) is 9.21 Å². The molecule has 0 aliphatic rings. The van der Waals surface area contributed by atoms with E-state index in [2.05, 4.69) is 9.84 Å². The smallest absolute Gasteiger partial charge is 0.348 e. The van der Waals surface area contributed by atoms with Gasteiger partial charge in [-0.1, -0.05) is 23.2 Å². The molecule has 0 aliphatic heterocycles. The van der Waals surface area contributed by atoms with E-state index in [1.54, 1.807) is 17.8 Å². The zero-order valence-corrected chi connectivity index (χ0v) is 11.4. The number of methoxy groups -OCH3 is 1. The summed E-state index contributed by atoms with van der Waals surface area (Å²) in [5.74, 6) is -0.415. The minimum Gasteiger partial charge on any atom is -0.465 e. The van der Waals surface area contributed by atoms with Gasteiger partial charge < -0.3 is 4.74 Å². The van der Waals surface area contributed by atoms with Crippen molar-refractivity contribution in [3.8, 4) is 11.3 Å². The van der Waals surface area contributed by atoms with Crippen molar-refractivity contribution in [2.24, 2.45) is 7.05 Å². The summed E-state index contributed by atoms with van der Waals surface area (Å²) in [6.45, 7) is 0. The number of ether oxygens (including phenoxy) is 1. The second-order valence-electron chi connectivity index (χ2n) is 3.25. The van der Waals surface area contributed by atoms with Crippen molar-refractivity contribution < 1.29 is 9.53 Å². The van der Waals surface area contributed by atoms with Crippen molar-refractivity contribution in [2.45, 2.75) is 0 Å². The highest BCUT2D eigenvalue weighted by atomic mass is 35.5. The molecular formula is C10H8Cl2N2O2S. The summed E-state index contributed by atoms with van der Waals surface area (Å²) < 4.78 is 6.73. The van der Waals surface area contributed by atoms with Crippen LogP contribution in [-0.2, 0) is 11.8 Å². The average molecular weight is 291 g/mol. The molecule has 0 aliphatic carbocycles. The molecule has 7 heteroatoms. The van der Waals surface area contributed by atoms with Crippen molar-refractivity contribution in [1.82, 2.24) is 9.78 Å². The van der Waals surface area contributed by atoms with Crippen LogP contribution in [0.3, 0.4) is 0 Å². The van der Waals surface area contributed by atoms with E-state index in [1.807, 2.05) is 0 Å². The van der Waals surface area contributed by atoms with Crippen LogP contribution in [0, 0.1) is 0 Å². The van der Waals surface area contributed by atoms with Gasteiger partial charge in [-0.25, -0.2) is 4.79 Å². The minimum absolute atomic E-state index is 0.415. The highest BCUT2D eigenvalue weighted by Crippen LogP contribution is 2.38. The van der Waals surface area contributed by atoms with E-state index in [1.165, 1.54) is 13.3 Å². The largest absolute Gasteiger partial charge is 0.465 e. The topological polar surface area (TPSA) is 44.1 Å². The third-order valence-corrected chi connectivity index (χ3v) is 3.84. The van der Waals surface area contributed by atoms with Crippen molar-refractivity contribution in [2.75, 3.05) is 7.11 Å². The molecule has 0 bridgehead atoms. The van der Waals surface area contributed by atoms with E-state index in [4.69, 9.17) is 23.2 Å². The van der Waals surface area contributed by atoms with Crippen LogP contribution in [0.5, 0.6) is 0 Å². The van der Waals surface area contributed by atoms with E-state index in [0.29, 0.717) is 25.5 Å². The third kappa shape index (κ3) is 2.18. The second-order valence-corrected chi connectivity index (χ2v) is 5.32.